The second kappa shape index (κ2) is 5.65. The van der Waals surface area contributed by atoms with Crippen LogP contribution in [0.25, 0.3) is 0 Å². The Hall–Kier alpha value is -1.84. The molecule has 0 amide bonds. The van der Waals surface area contributed by atoms with Gasteiger partial charge in [-0.2, -0.15) is 5.26 Å². The highest BCUT2D eigenvalue weighted by Gasteiger charge is 2.30. The van der Waals surface area contributed by atoms with Crippen LogP contribution in [0, 0.1) is 11.3 Å². The van der Waals surface area contributed by atoms with Gasteiger partial charge >= 0.3 is 0 Å². The number of hydrogen-bond acceptors (Lipinski definition) is 6. The van der Waals surface area contributed by atoms with Crippen molar-refractivity contribution in [3.63, 3.8) is 0 Å². The second-order valence-electron chi connectivity index (χ2n) is 5.24. The summed E-state index contributed by atoms with van der Waals surface area (Å²) in [6.07, 6.45) is 2.77. The number of rotatable bonds is 2. The van der Waals surface area contributed by atoms with Crippen molar-refractivity contribution in [3.05, 3.63) is 17.8 Å². The minimum absolute atomic E-state index is 0.498. The summed E-state index contributed by atoms with van der Waals surface area (Å²) in [5.41, 5.74) is 7.04. The first-order chi connectivity index (χ1) is 9.79. The lowest BCUT2D eigenvalue weighted by molar-refractivity contribution is 0.0209. The Labute approximate surface area is 118 Å². The number of nitrogens with zero attached hydrogens (tertiary/aromatic N) is 4. The standard InChI is InChI=1S/C14H19N5O/c15-9-11-1-3-17-14(13(11)16)19-4-2-12(10-19)18-5-7-20-8-6-18/h1,3,12H,2,4-8,10,16H2. The predicted molar refractivity (Wildman–Crippen MR) is 76.4 cm³/mol. The third-order valence-corrected chi connectivity index (χ3v) is 4.11. The third kappa shape index (κ3) is 2.42. The molecule has 6 nitrogen and oxygen atoms in total. The van der Waals surface area contributed by atoms with E-state index in [4.69, 9.17) is 15.7 Å². The largest absolute Gasteiger partial charge is 0.395 e. The molecule has 106 valence electrons. The first-order valence-electron chi connectivity index (χ1n) is 7.01. The topological polar surface area (TPSA) is 78.4 Å². The van der Waals surface area contributed by atoms with Crippen LogP contribution in [-0.2, 0) is 4.74 Å². The zero-order chi connectivity index (χ0) is 13.9. The van der Waals surface area contributed by atoms with Crippen molar-refractivity contribution in [2.45, 2.75) is 12.5 Å². The fourth-order valence-electron chi connectivity index (χ4n) is 2.99. The van der Waals surface area contributed by atoms with Gasteiger partial charge in [-0.25, -0.2) is 4.98 Å². The van der Waals surface area contributed by atoms with Crippen molar-refractivity contribution < 1.29 is 4.74 Å². The summed E-state index contributed by atoms with van der Waals surface area (Å²) in [5.74, 6) is 0.750. The van der Waals surface area contributed by atoms with E-state index < -0.39 is 0 Å². The number of ether oxygens (including phenoxy) is 1. The molecule has 2 aliphatic rings. The van der Waals surface area contributed by atoms with Crippen LogP contribution in [0.4, 0.5) is 11.5 Å². The van der Waals surface area contributed by atoms with Crippen molar-refractivity contribution in [1.82, 2.24) is 9.88 Å². The molecule has 3 rings (SSSR count). The summed E-state index contributed by atoms with van der Waals surface area (Å²) in [4.78, 5) is 9.03. The van der Waals surface area contributed by atoms with Crippen molar-refractivity contribution >= 4 is 11.5 Å². The first kappa shape index (κ1) is 13.2. The number of morpholine rings is 1. The van der Waals surface area contributed by atoms with Crippen LogP contribution in [0.15, 0.2) is 12.3 Å². The summed E-state index contributed by atoms with van der Waals surface area (Å²) in [6, 6.07) is 4.31. The fraction of sp³-hybridized carbons (Fsp3) is 0.571. The molecule has 2 saturated heterocycles. The Bertz CT molecular complexity index is 521. The van der Waals surface area contributed by atoms with E-state index in [1.54, 1.807) is 12.3 Å². The predicted octanol–water partition coefficient (Wildman–Crippen LogP) is 0.446. The summed E-state index contributed by atoms with van der Waals surface area (Å²) in [7, 11) is 0. The number of nitrogen functional groups attached to an aromatic ring is 1. The fourth-order valence-corrected chi connectivity index (χ4v) is 2.99. The Kier molecular flexibility index (Phi) is 3.72. The van der Waals surface area contributed by atoms with Crippen LogP contribution in [0.2, 0.25) is 0 Å². The zero-order valence-corrected chi connectivity index (χ0v) is 11.5. The number of nitriles is 1. The maximum Gasteiger partial charge on any atom is 0.153 e. The van der Waals surface area contributed by atoms with E-state index in [1.807, 2.05) is 0 Å². The number of pyridine rings is 1. The summed E-state index contributed by atoms with van der Waals surface area (Å²) in [5, 5.41) is 9.04. The average Bonchev–Trinajstić information content (AvgIpc) is 2.98. The molecule has 0 aromatic carbocycles. The van der Waals surface area contributed by atoms with E-state index in [0.717, 1.165) is 51.6 Å². The van der Waals surface area contributed by atoms with Gasteiger partial charge in [0.05, 0.1) is 24.5 Å². The van der Waals surface area contributed by atoms with Gasteiger partial charge < -0.3 is 15.4 Å². The molecule has 1 aromatic heterocycles. The lowest BCUT2D eigenvalue weighted by atomic mass is 10.2. The highest BCUT2D eigenvalue weighted by molar-refractivity contribution is 5.70. The zero-order valence-electron chi connectivity index (χ0n) is 11.5. The molecular weight excluding hydrogens is 254 g/mol. The van der Waals surface area contributed by atoms with E-state index in [9.17, 15) is 0 Å². The van der Waals surface area contributed by atoms with Gasteiger partial charge in [-0.3, -0.25) is 4.90 Å². The lowest BCUT2D eigenvalue weighted by Crippen LogP contribution is -2.44. The average molecular weight is 273 g/mol. The smallest absolute Gasteiger partial charge is 0.153 e. The van der Waals surface area contributed by atoms with Gasteiger partial charge in [0.15, 0.2) is 5.82 Å². The van der Waals surface area contributed by atoms with Crippen LogP contribution < -0.4 is 10.6 Å². The Morgan fingerprint density at radius 3 is 2.90 bits per heavy atom. The molecule has 20 heavy (non-hydrogen) atoms. The number of nitrogens with two attached hydrogens (primary N) is 1. The molecule has 3 heterocycles. The SMILES string of the molecule is N#Cc1ccnc(N2CCC(N3CCOCC3)C2)c1N. The molecule has 0 radical (unpaired) electrons. The third-order valence-electron chi connectivity index (χ3n) is 4.11. The van der Waals surface area contributed by atoms with Gasteiger partial charge in [-0.15, -0.1) is 0 Å². The number of hydrogen-bond donors (Lipinski definition) is 1. The van der Waals surface area contributed by atoms with Crippen LogP contribution >= 0.6 is 0 Å². The van der Waals surface area contributed by atoms with Crippen LogP contribution in [0.5, 0.6) is 0 Å². The number of anilines is 2. The normalized spacial score (nSPS) is 23.8. The van der Waals surface area contributed by atoms with Crippen LogP contribution in [-0.4, -0.2) is 55.3 Å². The van der Waals surface area contributed by atoms with Crippen LogP contribution in [0.3, 0.4) is 0 Å². The van der Waals surface area contributed by atoms with E-state index in [2.05, 4.69) is 20.9 Å². The van der Waals surface area contributed by atoms with Crippen molar-refractivity contribution in [2.24, 2.45) is 0 Å². The van der Waals surface area contributed by atoms with E-state index in [0.29, 0.717) is 17.3 Å². The quantitative estimate of drug-likeness (QED) is 0.842. The van der Waals surface area contributed by atoms with Gasteiger partial charge in [-0.1, -0.05) is 0 Å². The molecule has 1 atom stereocenters. The maximum absolute atomic E-state index is 9.04. The molecule has 6 heteroatoms. The lowest BCUT2D eigenvalue weighted by Gasteiger charge is -2.32. The summed E-state index contributed by atoms with van der Waals surface area (Å²) >= 11 is 0. The minimum atomic E-state index is 0.498. The number of aromatic nitrogens is 1. The highest BCUT2D eigenvalue weighted by atomic mass is 16.5. The van der Waals surface area contributed by atoms with Gasteiger partial charge in [0, 0.05) is 38.4 Å². The molecule has 0 spiro atoms. The highest BCUT2D eigenvalue weighted by Crippen LogP contribution is 2.28. The molecule has 1 unspecified atom stereocenters. The van der Waals surface area contributed by atoms with Crippen LogP contribution in [0.1, 0.15) is 12.0 Å². The van der Waals surface area contributed by atoms with Crippen molar-refractivity contribution in [3.8, 4) is 6.07 Å². The Morgan fingerprint density at radius 2 is 2.15 bits per heavy atom. The molecule has 2 fully saturated rings. The molecule has 0 bridgehead atoms. The van der Waals surface area contributed by atoms with Gasteiger partial charge in [-0.05, 0) is 12.5 Å². The molecule has 0 saturated carbocycles. The Morgan fingerprint density at radius 1 is 1.35 bits per heavy atom. The summed E-state index contributed by atoms with van der Waals surface area (Å²) < 4.78 is 5.40. The molecule has 0 aliphatic carbocycles. The van der Waals surface area contributed by atoms with E-state index in [-0.39, 0.29) is 0 Å². The van der Waals surface area contributed by atoms with E-state index >= 15 is 0 Å². The van der Waals surface area contributed by atoms with Gasteiger partial charge in [0.2, 0.25) is 0 Å². The van der Waals surface area contributed by atoms with Gasteiger partial charge in [0.1, 0.15) is 6.07 Å². The maximum atomic E-state index is 9.04. The summed E-state index contributed by atoms with van der Waals surface area (Å²) in [6.45, 7) is 5.50. The molecule has 2 aliphatic heterocycles. The van der Waals surface area contributed by atoms with E-state index in [1.165, 1.54) is 0 Å². The monoisotopic (exact) mass is 273 g/mol. The molecule has 1 aromatic rings. The molecule has 2 N–H and O–H groups in total. The van der Waals surface area contributed by atoms with Gasteiger partial charge in [0.25, 0.3) is 0 Å². The van der Waals surface area contributed by atoms with Crippen molar-refractivity contribution in [1.29, 1.82) is 5.26 Å². The van der Waals surface area contributed by atoms with Crippen molar-refractivity contribution in [2.75, 3.05) is 50.0 Å². The Balaban J connectivity index is 1.72. The second-order valence-corrected chi connectivity index (χ2v) is 5.24. The molecular formula is C14H19N5O. The first-order valence-corrected chi connectivity index (χ1v) is 7.01. The minimum Gasteiger partial charge on any atom is -0.395 e.